The minimum absolute atomic E-state index is 0.299. The molecule has 1 aliphatic carbocycles. The molecule has 1 nitrogen and oxygen atoms in total. The second-order valence-corrected chi connectivity index (χ2v) is 4.46. The maximum atomic E-state index is 6.00. The smallest absolute Gasteiger partial charge is 0.0760 e. The van der Waals surface area contributed by atoms with Gasteiger partial charge in [0.1, 0.15) is 0 Å². The largest absolute Gasteiger partial charge is 0.370 e. The first kappa shape index (κ1) is 9.97. The van der Waals surface area contributed by atoms with Crippen molar-refractivity contribution in [3.05, 3.63) is 24.8 Å². The second-order valence-electron chi connectivity index (χ2n) is 4.46. The number of fused-ring (bicyclic) bond motifs is 1. The Balaban J connectivity index is 2.09. The molecule has 0 N–H and O–H groups in total. The van der Waals surface area contributed by atoms with E-state index in [2.05, 4.69) is 25.7 Å². The molecule has 0 amide bonds. The fourth-order valence-electron chi connectivity index (χ4n) is 2.84. The summed E-state index contributed by atoms with van der Waals surface area (Å²) in [5.41, 5.74) is 0. The average Bonchev–Trinajstić information content (AvgIpc) is 2.27. The quantitative estimate of drug-likeness (QED) is 0.610. The molecule has 78 valence electrons. The van der Waals surface area contributed by atoms with Crippen LogP contribution in [0.2, 0.25) is 0 Å². The van der Waals surface area contributed by atoms with Crippen molar-refractivity contribution in [1.29, 1.82) is 0 Å². The third-order valence-electron chi connectivity index (χ3n) is 3.70. The van der Waals surface area contributed by atoms with E-state index in [1.54, 1.807) is 0 Å². The molecule has 0 saturated carbocycles. The van der Waals surface area contributed by atoms with Gasteiger partial charge in [-0.15, -0.1) is 6.58 Å². The summed E-state index contributed by atoms with van der Waals surface area (Å²) < 4.78 is 6.00. The van der Waals surface area contributed by atoms with Crippen LogP contribution in [0, 0.1) is 11.8 Å². The van der Waals surface area contributed by atoms with Crippen molar-refractivity contribution in [2.45, 2.75) is 44.8 Å². The minimum atomic E-state index is 0.299. The highest BCUT2D eigenvalue weighted by atomic mass is 16.5. The second kappa shape index (κ2) is 4.31. The van der Waals surface area contributed by atoms with Gasteiger partial charge in [0.15, 0.2) is 0 Å². The molecule has 0 radical (unpaired) electrons. The molecular formula is C13H20O. The highest BCUT2D eigenvalue weighted by Gasteiger charge is 2.36. The van der Waals surface area contributed by atoms with Crippen LogP contribution in [0.1, 0.15) is 32.6 Å². The first-order valence-corrected chi connectivity index (χ1v) is 5.78. The van der Waals surface area contributed by atoms with Crippen LogP contribution in [0.5, 0.6) is 0 Å². The predicted molar refractivity (Wildman–Crippen MR) is 59.1 cm³/mol. The lowest BCUT2D eigenvalue weighted by Crippen LogP contribution is -2.41. The van der Waals surface area contributed by atoms with E-state index in [9.17, 15) is 0 Å². The number of rotatable bonds is 2. The summed E-state index contributed by atoms with van der Waals surface area (Å²) in [4.78, 5) is 0. The summed E-state index contributed by atoms with van der Waals surface area (Å²) in [6, 6.07) is 0. The molecule has 2 unspecified atom stereocenters. The van der Waals surface area contributed by atoms with Crippen LogP contribution in [0.15, 0.2) is 24.8 Å². The van der Waals surface area contributed by atoms with Crippen LogP contribution < -0.4 is 0 Å². The van der Waals surface area contributed by atoms with Crippen molar-refractivity contribution in [2.24, 2.45) is 11.8 Å². The van der Waals surface area contributed by atoms with Gasteiger partial charge in [-0.1, -0.05) is 31.6 Å². The molecule has 0 aromatic carbocycles. The van der Waals surface area contributed by atoms with E-state index in [0.717, 1.165) is 18.3 Å². The third-order valence-corrected chi connectivity index (χ3v) is 3.70. The van der Waals surface area contributed by atoms with E-state index < -0.39 is 0 Å². The molecule has 1 aliphatic heterocycles. The van der Waals surface area contributed by atoms with Crippen molar-refractivity contribution < 1.29 is 4.74 Å². The van der Waals surface area contributed by atoms with Crippen molar-refractivity contribution in [2.75, 3.05) is 0 Å². The maximum absolute atomic E-state index is 6.00. The van der Waals surface area contributed by atoms with E-state index in [0.29, 0.717) is 12.2 Å². The third kappa shape index (κ3) is 1.78. The normalized spacial score (nSPS) is 41.8. The van der Waals surface area contributed by atoms with Crippen molar-refractivity contribution in [1.82, 2.24) is 0 Å². The Kier molecular flexibility index (Phi) is 3.07. The first-order valence-electron chi connectivity index (χ1n) is 5.78. The fraction of sp³-hybridized carbons (Fsp3) is 0.692. The average molecular weight is 192 g/mol. The van der Waals surface area contributed by atoms with Gasteiger partial charge in [0.25, 0.3) is 0 Å². The summed E-state index contributed by atoms with van der Waals surface area (Å²) in [5.74, 6) is 1.60. The molecular weight excluding hydrogens is 172 g/mol. The van der Waals surface area contributed by atoms with Crippen LogP contribution in [-0.2, 0) is 4.74 Å². The summed E-state index contributed by atoms with van der Waals surface area (Å²) in [7, 11) is 0. The number of ether oxygens (including phenoxy) is 1. The number of hydrogen-bond acceptors (Lipinski definition) is 1. The Morgan fingerprint density at radius 3 is 2.93 bits per heavy atom. The lowest BCUT2D eigenvalue weighted by molar-refractivity contribution is -0.0905. The first-order chi connectivity index (χ1) is 6.85. The van der Waals surface area contributed by atoms with Gasteiger partial charge in [-0.05, 0) is 31.1 Å². The van der Waals surface area contributed by atoms with Gasteiger partial charge in [-0.3, -0.25) is 0 Å². The molecule has 0 aromatic heterocycles. The molecule has 1 heteroatoms. The Morgan fingerprint density at radius 2 is 2.21 bits per heavy atom. The van der Waals surface area contributed by atoms with Gasteiger partial charge in [0.05, 0.1) is 12.2 Å². The highest BCUT2D eigenvalue weighted by Crippen LogP contribution is 2.39. The zero-order chi connectivity index (χ0) is 9.97. The molecule has 2 rings (SSSR count). The van der Waals surface area contributed by atoms with Gasteiger partial charge in [0.2, 0.25) is 0 Å². The molecule has 0 aromatic rings. The highest BCUT2D eigenvalue weighted by molar-refractivity contribution is 5.01. The van der Waals surface area contributed by atoms with Crippen molar-refractivity contribution in [3.63, 3.8) is 0 Å². The van der Waals surface area contributed by atoms with Gasteiger partial charge in [-0.25, -0.2) is 0 Å². The van der Waals surface area contributed by atoms with E-state index in [4.69, 9.17) is 4.74 Å². The van der Waals surface area contributed by atoms with Crippen molar-refractivity contribution >= 4 is 0 Å². The number of allylic oxidation sites excluding steroid dienone is 1. The van der Waals surface area contributed by atoms with Gasteiger partial charge < -0.3 is 4.74 Å². The van der Waals surface area contributed by atoms with Gasteiger partial charge in [0, 0.05) is 0 Å². The number of hydrogen-bond donors (Lipinski definition) is 0. The molecule has 4 atom stereocenters. The maximum Gasteiger partial charge on any atom is 0.0760 e. The van der Waals surface area contributed by atoms with Crippen LogP contribution in [0.4, 0.5) is 0 Å². The summed E-state index contributed by atoms with van der Waals surface area (Å²) in [6.45, 7) is 6.14. The summed E-state index contributed by atoms with van der Waals surface area (Å²) in [6.07, 6.45) is 12.1. The van der Waals surface area contributed by atoms with E-state index in [-0.39, 0.29) is 0 Å². The Morgan fingerprint density at radius 1 is 1.43 bits per heavy atom. The molecule has 2 aliphatic rings. The summed E-state index contributed by atoms with van der Waals surface area (Å²) in [5, 5.41) is 0. The Labute approximate surface area is 86.8 Å². The summed E-state index contributed by atoms with van der Waals surface area (Å²) >= 11 is 0. The standard InChI is InChI=1S/C13H20O/c1-3-10-9-11(4-2)14-13-8-6-5-7-12(10)13/h4-6,10-13H,2-3,7-9H2,1H3/t10-,11+,12?,13?/m0/s1. The molecule has 0 spiro atoms. The monoisotopic (exact) mass is 192 g/mol. The van der Waals surface area contributed by atoms with Crippen LogP contribution in [-0.4, -0.2) is 12.2 Å². The molecule has 0 bridgehead atoms. The van der Waals surface area contributed by atoms with Crippen LogP contribution in [0.3, 0.4) is 0 Å². The lowest BCUT2D eigenvalue weighted by atomic mass is 9.75. The molecule has 1 heterocycles. The zero-order valence-electron chi connectivity index (χ0n) is 8.99. The molecule has 1 fully saturated rings. The SMILES string of the molecule is C=C[C@@H]1C[C@H](CC)C2CC=CCC2O1. The zero-order valence-corrected chi connectivity index (χ0v) is 8.99. The minimum Gasteiger partial charge on any atom is -0.370 e. The van der Waals surface area contributed by atoms with E-state index in [1.807, 2.05) is 6.08 Å². The van der Waals surface area contributed by atoms with Crippen molar-refractivity contribution in [3.8, 4) is 0 Å². The Hall–Kier alpha value is -0.560. The van der Waals surface area contributed by atoms with E-state index in [1.165, 1.54) is 19.3 Å². The Bertz CT molecular complexity index is 231. The molecule has 1 saturated heterocycles. The van der Waals surface area contributed by atoms with Gasteiger partial charge >= 0.3 is 0 Å². The van der Waals surface area contributed by atoms with E-state index >= 15 is 0 Å². The van der Waals surface area contributed by atoms with Crippen LogP contribution >= 0.6 is 0 Å². The fourth-order valence-corrected chi connectivity index (χ4v) is 2.84. The molecule has 14 heavy (non-hydrogen) atoms. The van der Waals surface area contributed by atoms with Crippen LogP contribution in [0.25, 0.3) is 0 Å². The topological polar surface area (TPSA) is 9.23 Å². The van der Waals surface area contributed by atoms with Gasteiger partial charge in [-0.2, -0.15) is 0 Å². The lowest BCUT2D eigenvalue weighted by Gasteiger charge is -2.42. The predicted octanol–water partition coefficient (Wildman–Crippen LogP) is 3.32.